The molecule has 0 atom stereocenters. The fourth-order valence-electron chi connectivity index (χ4n) is 4.63. The molecule has 0 bridgehead atoms. The topological polar surface area (TPSA) is 38.8 Å². The number of carbonyl (C=O) groups excluding carboxylic acids is 1. The Kier molecular flexibility index (Phi) is 9.58. The number of carbonyl (C=O) groups is 1. The highest BCUT2D eigenvalue weighted by Crippen LogP contribution is 2.38. The van der Waals surface area contributed by atoms with Crippen molar-refractivity contribution in [3.63, 3.8) is 0 Å². The van der Waals surface area contributed by atoms with Gasteiger partial charge >= 0.3 is 0 Å². The molecule has 2 aliphatic rings. The molecule has 2 fully saturated rings. The third kappa shape index (κ3) is 7.28. The second-order valence-corrected chi connectivity index (χ2v) is 8.88. The van der Waals surface area contributed by atoms with Crippen LogP contribution in [0.4, 0.5) is 0 Å². The van der Waals surface area contributed by atoms with Crippen molar-refractivity contribution in [1.82, 2.24) is 4.90 Å². The average molecular weight is 368 g/mol. The third-order valence-corrected chi connectivity index (χ3v) is 6.27. The number of ketones is 1. The van der Waals surface area contributed by atoms with Crippen molar-refractivity contribution < 1.29 is 14.3 Å². The molecule has 4 nitrogen and oxygen atoms in total. The number of rotatable bonds is 10. The van der Waals surface area contributed by atoms with E-state index in [-0.39, 0.29) is 12.0 Å². The zero-order valence-electron chi connectivity index (χ0n) is 17.5. The van der Waals surface area contributed by atoms with Crippen molar-refractivity contribution in [2.24, 2.45) is 23.7 Å². The molecule has 4 heteroatoms. The van der Waals surface area contributed by atoms with E-state index >= 15 is 0 Å². The van der Waals surface area contributed by atoms with Crippen LogP contribution in [0.15, 0.2) is 0 Å². The summed E-state index contributed by atoms with van der Waals surface area (Å²) in [7, 11) is 0. The maximum atomic E-state index is 12.2. The van der Waals surface area contributed by atoms with E-state index in [0.29, 0.717) is 24.9 Å². The van der Waals surface area contributed by atoms with Crippen LogP contribution >= 0.6 is 0 Å². The number of nitrogens with zero attached hydrogens (tertiary/aromatic N) is 1. The van der Waals surface area contributed by atoms with Crippen LogP contribution in [-0.2, 0) is 14.3 Å². The molecular weight excluding hydrogens is 326 g/mol. The molecule has 1 aliphatic heterocycles. The van der Waals surface area contributed by atoms with Gasteiger partial charge in [-0.1, -0.05) is 13.8 Å². The first-order valence-electron chi connectivity index (χ1n) is 10.9. The lowest BCUT2D eigenvalue weighted by atomic mass is 9.71. The third-order valence-electron chi connectivity index (χ3n) is 6.27. The summed E-state index contributed by atoms with van der Waals surface area (Å²) in [5, 5.41) is 0. The van der Waals surface area contributed by atoms with Gasteiger partial charge in [-0.2, -0.15) is 0 Å². The standard InChI is InChI=1S/C22H41NO3/c1-17(2)22(24)21-7-5-19(6-8-21)20-9-11-23(12-10-20)13-14-25-15-16-26-18(3)4/h17-21H,5-16H2,1-4H3/t19-,21-. The van der Waals surface area contributed by atoms with Gasteiger partial charge in [-0.25, -0.2) is 0 Å². The van der Waals surface area contributed by atoms with E-state index in [0.717, 1.165) is 37.8 Å². The van der Waals surface area contributed by atoms with Crippen LogP contribution < -0.4 is 0 Å². The zero-order valence-corrected chi connectivity index (χ0v) is 17.5. The van der Waals surface area contributed by atoms with Crippen molar-refractivity contribution >= 4 is 5.78 Å². The van der Waals surface area contributed by atoms with Gasteiger partial charge in [0.15, 0.2) is 0 Å². The largest absolute Gasteiger partial charge is 0.378 e. The summed E-state index contributed by atoms with van der Waals surface area (Å²) < 4.78 is 11.2. The van der Waals surface area contributed by atoms with Crippen LogP contribution in [0.2, 0.25) is 0 Å². The summed E-state index contributed by atoms with van der Waals surface area (Å²) in [5.41, 5.74) is 0. The Morgan fingerprint density at radius 1 is 0.885 bits per heavy atom. The van der Waals surface area contributed by atoms with Crippen molar-refractivity contribution in [2.45, 2.75) is 72.3 Å². The summed E-state index contributed by atoms with van der Waals surface area (Å²) in [4.78, 5) is 14.7. The molecule has 0 aromatic carbocycles. The Morgan fingerprint density at radius 2 is 1.50 bits per heavy atom. The lowest BCUT2D eigenvalue weighted by Gasteiger charge is -2.39. The van der Waals surface area contributed by atoms with E-state index in [2.05, 4.69) is 18.7 Å². The van der Waals surface area contributed by atoms with Gasteiger partial charge in [0, 0.05) is 18.4 Å². The van der Waals surface area contributed by atoms with Gasteiger partial charge in [0.1, 0.15) is 5.78 Å². The predicted molar refractivity (Wildman–Crippen MR) is 106 cm³/mol. The van der Waals surface area contributed by atoms with Gasteiger partial charge in [0.25, 0.3) is 0 Å². The Bertz CT molecular complexity index is 394. The number of likely N-dealkylation sites (tertiary alicyclic amines) is 1. The molecule has 0 spiro atoms. The maximum absolute atomic E-state index is 12.2. The van der Waals surface area contributed by atoms with Crippen LogP contribution in [0.5, 0.6) is 0 Å². The first kappa shape index (κ1) is 21.8. The molecule has 152 valence electrons. The molecule has 1 aliphatic carbocycles. The second kappa shape index (κ2) is 11.4. The van der Waals surface area contributed by atoms with E-state index in [4.69, 9.17) is 9.47 Å². The lowest BCUT2D eigenvalue weighted by Crippen LogP contribution is -2.39. The highest BCUT2D eigenvalue weighted by Gasteiger charge is 2.32. The van der Waals surface area contributed by atoms with Crippen molar-refractivity contribution in [2.75, 3.05) is 39.5 Å². The normalized spacial score (nSPS) is 25.9. The molecule has 0 radical (unpaired) electrons. The minimum Gasteiger partial charge on any atom is -0.378 e. The Morgan fingerprint density at radius 3 is 2.08 bits per heavy atom. The van der Waals surface area contributed by atoms with E-state index in [1.54, 1.807) is 0 Å². The van der Waals surface area contributed by atoms with Gasteiger partial charge in [-0.15, -0.1) is 0 Å². The number of ether oxygens (including phenoxy) is 2. The van der Waals surface area contributed by atoms with Crippen molar-refractivity contribution in [1.29, 1.82) is 0 Å². The minimum atomic E-state index is 0.207. The summed E-state index contributed by atoms with van der Waals surface area (Å²) in [6.07, 6.45) is 7.74. The second-order valence-electron chi connectivity index (χ2n) is 8.88. The molecule has 1 heterocycles. The van der Waals surface area contributed by atoms with Crippen molar-refractivity contribution in [3.05, 3.63) is 0 Å². The smallest absolute Gasteiger partial charge is 0.138 e. The Balaban J connectivity index is 1.55. The monoisotopic (exact) mass is 367 g/mol. The molecule has 0 N–H and O–H groups in total. The number of hydrogen-bond acceptors (Lipinski definition) is 4. The fraction of sp³-hybridized carbons (Fsp3) is 0.955. The van der Waals surface area contributed by atoms with Crippen LogP contribution in [0.25, 0.3) is 0 Å². The van der Waals surface area contributed by atoms with Gasteiger partial charge in [0.2, 0.25) is 0 Å². The van der Waals surface area contributed by atoms with E-state index in [1.807, 2.05) is 13.8 Å². The quantitative estimate of drug-likeness (QED) is 0.543. The first-order chi connectivity index (χ1) is 12.5. The van der Waals surface area contributed by atoms with Crippen LogP contribution in [0.3, 0.4) is 0 Å². The summed E-state index contributed by atoms with van der Waals surface area (Å²) >= 11 is 0. The van der Waals surface area contributed by atoms with Crippen LogP contribution in [-0.4, -0.2) is 56.2 Å². The van der Waals surface area contributed by atoms with Gasteiger partial charge < -0.3 is 14.4 Å². The molecule has 1 saturated carbocycles. The molecule has 0 unspecified atom stereocenters. The maximum Gasteiger partial charge on any atom is 0.138 e. The zero-order chi connectivity index (χ0) is 18.9. The summed E-state index contributed by atoms with van der Waals surface area (Å²) in [5.74, 6) is 2.79. The molecule has 26 heavy (non-hydrogen) atoms. The number of hydrogen-bond donors (Lipinski definition) is 0. The Labute approximate surface area is 161 Å². The number of Topliss-reactive ketones (excluding diaryl/α,β-unsaturated/α-hetero) is 1. The molecule has 2 rings (SSSR count). The van der Waals surface area contributed by atoms with Crippen molar-refractivity contribution in [3.8, 4) is 0 Å². The SMILES string of the molecule is CC(C)OCCOCCN1CCC([C@H]2CC[C@H](C(=O)C(C)C)CC2)CC1. The van der Waals surface area contributed by atoms with E-state index < -0.39 is 0 Å². The molecule has 0 amide bonds. The van der Waals surface area contributed by atoms with Crippen LogP contribution in [0, 0.1) is 23.7 Å². The van der Waals surface area contributed by atoms with Gasteiger partial charge in [-0.05, 0) is 77.3 Å². The predicted octanol–water partition coefficient (Wildman–Crippen LogP) is 4.17. The summed E-state index contributed by atoms with van der Waals surface area (Å²) in [6, 6.07) is 0. The van der Waals surface area contributed by atoms with Gasteiger partial charge in [0.05, 0.1) is 25.9 Å². The fourth-order valence-corrected chi connectivity index (χ4v) is 4.63. The lowest BCUT2D eigenvalue weighted by molar-refractivity contribution is -0.127. The summed E-state index contributed by atoms with van der Waals surface area (Å²) in [6.45, 7) is 13.9. The van der Waals surface area contributed by atoms with E-state index in [9.17, 15) is 4.79 Å². The first-order valence-corrected chi connectivity index (χ1v) is 10.9. The number of piperidine rings is 1. The average Bonchev–Trinajstić information content (AvgIpc) is 2.64. The molecule has 0 aromatic rings. The van der Waals surface area contributed by atoms with Gasteiger partial charge in [-0.3, -0.25) is 4.79 Å². The molecular formula is C22H41NO3. The van der Waals surface area contributed by atoms with E-state index in [1.165, 1.54) is 38.8 Å². The highest BCUT2D eigenvalue weighted by atomic mass is 16.5. The van der Waals surface area contributed by atoms with Crippen LogP contribution in [0.1, 0.15) is 66.2 Å². The minimum absolute atomic E-state index is 0.207. The molecule has 1 saturated heterocycles. The molecule has 0 aromatic heterocycles. The Hall–Kier alpha value is -0.450. The highest BCUT2D eigenvalue weighted by molar-refractivity contribution is 5.82.